The summed E-state index contributed by atoms with van der Waals surface area (Å²) in [5.74, 6) is 0.340. The van der Waals surface area contributed by atoms with Gasteiger partial charge in [-0.25, -0.2) is 4.79 Å². The predicted octanol–water partition coefficient (Wildman–Crippen LogP) is 1.56. The molecule has 0 aliphatic rings. The number of rotatable bonds is 5. The summed E-state index contributed by atoms with van der Waals surface area (Å²) in [4.78, 5) is 23.1. The van der Waals surface area contributed by atoms with Gasteiger partial charge >= 0.3 is 5.63 Å². The lowest BCUT2D eigenvalue weighted by atomic mass is 10.0. The smallest absolute Gasteiger partial charge is 0.339 e. The molecule has 0 N–H and O–H groups in total. The van der Waals surface area contributed by atoms with Crippen LogP contribution < -0.4 is 10.4 Å². The van der Waals surface area contributed by atoms with Crippen LogP contribution in [-0.4, -0.2) is 26.1 Å². The average Bonchev–Trinajstić information content (AvgIpc) is 2.27. The number of ether oxygens (including phenoxy) is 2. The summed E-state index contributed by atoms with van der Waals surface area (Å²) < 4.78 is 14.9. The van der Waals surface area contributed by atoms with Crippen molar-refractivity contribution in [1.29, 1.82) is 0 Å². The number of Topliss-reactive ketones (excluding diaryl/α,β-unsaturated/α-hetero) is 1. The summed E-state index contributed by atoms with van der Waals surface area (Å²) >= 11 is 0. The van der Waals surface area contributed by atoms with Gasteiger partial charge in [0.15, 0.2) is 5.78 Å². The molecule has 17 heavy (non-hydrogen) atoms. The average molecular weight is 240 g/mol. The first-order valence-electron chi connectivity index (χ1n) is 5.24. The van der Waals surface area contributed by atoms with E-state index in [9.17, 15) is 9.59 Å². The Labute approximate surface area is 99.3 Å². The highest BCUT2D eigenvalue weighted by molar-refractivity contribution is 5.99. The number of hydrogen-bond acceptors (Lipinski definition) is 5. The fourth-order valence-electron chi connectivity index (χ4n) is 1.53. The van der Waals surface area contributed by atoms with Gasteiger partial charge in [-0.2, -0.15) is 0 Å². The summed E-state index contributed by atoms with van der Waals surface area (Å²) in [5.41, 5.74) is -0.230. The fourth-order valence-corrected chi connectivity index (χ4v) is 1.53. The molecule has 0 saturated carbocycles. The SMILES string of the molecule is COc1cc(=O)oc(C)c1C(=O)CC(C)OC. The van der Waals surface area contributed by atoms with Crippen LogP contribution in [0.1, 0.15) is 29.5 Å². The molecule has 0 aromatic carbocycles. The lowest BCUT2D eigenvalue weighted by Crippen LogP contribution is -2.16. The Kier molecular flexibility index (Phi) is 4.45. The molecule has 1 heterocycles. The normalized spacial score (nSPS) is 12.2. The van der Waals surface area contributed by atoms with Crippen LogP contribution in [0.3, 0.4) is 0 Å². The van der Waals surface area contributed by atoms with Crippen molar-refractivity contribution in [3.05, 3.63) is 27.8 Å². The van der Waals surface area contributed by atoms with Crippen molar-refractivity contribution in [1.82, 2.24) is 0 Å². The molecule has 5 nitrogen and oxygen atoms in total. The van der Waals surface area contributed by atoms with E-state index in [0.29, 0.717) is 5.56 Å². The third-order valence-corrected chi connectivity index (χ3v) is 2.48. The number of carbonyl (C=O) groups excluding carboxylic acids is 1. The lowest BCUT2D eigenvalue weighted by Gasteiger charge is -2.11. The highest BCUT2D eigenvalue weighted by Gasteiger charge is 2.20. The van der Waals surface area contributed by atoms with Crippen molar-refractivity contribution in [3.63, 3.8) is 0 Å². The van der Waals surface area contributed by atoms with Gasteiger partial charge in [0.2, 0.25) is 0 Å². The van der Waals surface area contributed by atoms with Gasteiger partial charge in [0.25, 0.3) is 0 Å². The quantitative estimate of drug-likeness (QED) is 0.731. The van der Waals surface area contributed by atoms with Gasteiger partial charge in [0.05, 0.1) is 24.8 Å². The van der Waals surface area contributed by atoms with Gasteiger partial charge in [-0.1, -0.05) is 0 Å². The first-order valence-corrected chi connectivity index (χ1v) is 5.24. The molecule has 0 saturated heterocycles. The molecule has 0 fully saturated rings. The highest BCUT2D eigenvalue weighted by atomic mass is 16.5. The Hall–Kier alpha value is -1.62. The van der Waals surface area contributed by atoms with E-state index in [0.717, 1.165) is 6.07 Å². The van der Waals surface area contributed by atoms with Crippen LogP contribution >= 0.6 is 0 Å². The standard InChI is InChI=1S/C12H16O5/c1-7(15-3)5-9(13)12-8(2)17-11(14)6-10(12)16-4/h6-7H,5H2,1-4H3. The molecule has 1 unspecified atom stereocenters. The van der Waals surface area contributed by atoms with Gasteiger partial charge in [0, 0.05) is 13.5 Å². The first kappa shape index (κ1) is 13.4. The Morgan fingerprint density at radius 2 is 2.12 bits per heavy atom. The van der Waals surface area contributed by atoms with E-state index in [1.54, 1.807) is 13.8 Å². The molecule has 1 rings (SSSR count). The van der Waals surface area contributed by atoms with Crippen molar-refractivity contribution in [2.45, 2.75) is 26.4 Å². The topological polar surface area (TPSA) is 65.7 Å². The molecule has 0 aliphatic heterocycles. The molecule has 0 spiro atoms. The van der Waals surface area contributed by atoms with Crippen molar-refractivity contribution >= 4 is 5.78 Å². The third kappa shape index (κ3) is 3.17. The summed E-state index contributed by atoms with van der Waals surface area (Å²) in [6.07, 6.45) is 0.0139. The van der Waals surface area contributed by atoms with Crippen LogP contribution in [-0.2, 0) is 4.74 Å². The minimum absolute atomic E-state index is 0.169. The van der Waals surface area contributed by atoms with Crippen molar-refractivity contribution in [2.24, 2.45) is 0 Å². The summed E-state index contributed by atoms with van der Waals surface area (Å²) in [5, 5.41) is 0. The maximum absolute atomic E-state index is 12.0. The number of hydrogen-bond donors (Lipinski definition) is 0. The van der Waals surface area contributed by atoms with Crippen LogP contribution in [0.4, 0.5) is 0 Å². The maximum Gasteiger partial charge on any atom is 0.339 e. The van der Waals surface area contributed by atoms with Gasteiger partial charge in [-0.05, 0) is 13.8 Å². The van der Waals surface area contributed by atoms with E-state index < -0.39 is 5.63 Å². The van der Waals surface area contributed by atoms with E-state index in [1.807, 2.05) is 0 Å². The first-order chi connectivity index (χ1) is 7.99. The molecule has 0 aliphatic carbocycles. The fraction of sp³-hybridized carbons (Fsp3) is 0.500. The molecule has 0 amide bonds. The lowest BCUT2D eigenvalue weighted by molar-refractivity contribution is 0.0786. The third-order valence-electron chi connectivity index (χ3n) is 2.48. The Balaban J connectivity index is 3.12. The van der Waals surface area contributed by atoms with Gasteiger partial charge in [-0.3, -0.25) is 4.79 Å². The van der Waals surface area contributed by atoms with Crippen LogP contribution in [0, 0.1) is 6.92 Å². The van der Waals surface area contributed by atoms with Gasteiger partial charge in [-0.15, -0.1) is 0 Å². The van der Waals surface area contributed by atoms with E-state index in [2.05, 4.69) is 0 Å². The molecule has 94 valence electrons. The van der Waals surface area contributed by atoms with Crippen molar-refractivity contribution in [3.8, 4) is 5.75 Å². The zero-order valence-electron chi connectivity index (χ0n) is 10.4. The van der Waals surface area contributed by atoms with E-state index >= 15 is 0 Å². The molecular formula is C12H16O5. The van der Waals surface area contributed by atoms with Crippen molar-refractivity contribution in [2.75, 3.05) is 14.2 Å². The largest absolute Gasteiger partial charge is 0.496 e. The second-order valence-electron chi connectivity index (χ2n) is 3.74. The molecule has 0 radical (unpaired) electrons. The number of methoxy groups -OCH3 is 2. The molecule has 0 bridgehead atoms. The Morgan fingerprint density at radius 1 is 1.47 bits per heavy atom. The Bertz CT molecular complexity index is 460. The second-order valence-corrected chi connectivity index (χ2v) is 3.74. The maximum atomic E-state index is 12.0. The van der Waals surface area contributed by atoms with E-state index in [1.165, 1.54) is 14.2 Å². The predicted molar refractivity (Wildman–Crippen MR) is 61.7 cm³/mol. The van der Waals surface area contributed by atoms with Crippen molar-refractivity contribution < 1.29 is 18.7 Å². The molecule has 5 heteroatoms. The minimum atomic E-state index is -0.532. The van der Waals surface area contributed by atoms with Crippen LogP contribution in [0.15, 0.2) is 15.3 Å². The minimum Gasteiger partial charge on any atom is -0.496 e. The Morgan fingerprint density at radius 3 is 2.65 bits per heavy atom. The second kappa shape index (κ2) is 5.63. The summed E-state index contributed by atoms with van der Waals surface area (Å²) in [6.45, 7) is 3.35. The summed E-state index contributed by atoms with van der Waals surface area (Å²) in [7, 11) is 2.94. The number of ketones is 1. The van der Waals surface area contributed by atoms with Crippen LogP contribution in [0.25, 0.3) is 0 Å². The number of aryl methyl sites for hydroxylation is 1. The van der Waals surface area contributed by atoms with Crippen LogP contribution in [0.5, 0.6) is 5.75 Å². The van der Waals surface area contributed by atoms with Gasteiger partial charge < -0.3 is 13.9 Å². The zero-order chi connectivity index (χ0) is 13.0. The summed E-state index contributed by atoms with van der Waals surface area (Å²) in [6, 6.07) is 1.16. The van der Waals surface area contributed by atoms with E-state index in [4.69, 9.17) is 13.9 Å². The molecule has 1 atom stereocenters. The monoisotopic (exact) mass is 240 g/mol. The number of carbonyl (C=O) groups is 1. The zero-order valence-corrected chi connectivity index (χ0v) is 10.4. The molecule has 1 aromatic heterocycles. The van der Waals surface area contributed by atoms with E-state index in [-0.39, 0.29) is 29.8 Å². The molecular weight excluding hydrogens is 224 g/mol. The highest BCUT2D eigenvalue weighted by Crippen LogP contribution is 2.22. The van der Waals surface area contributed by atoms with Gasteiger partial charge in [0.1, 0.15) is 11.5 Å². The molecule has 1 aromatic rings. The van der Waals surface area contributed by atoms with Crippen LogP contribution in [0.2, 0.25) is 0 Å².